The van der Waals surface area contributed by atoms with Crippen molar-refractivity contribution in [3.05, 3.63) is 507 Å². The van der Waals surface area contributed by atoms with Gasteiger partial charge in [0.1, 0.15) is 23.0 Å². The molecule has 0 saturated carbocycles. The van der Waals surface area contributed by atoms with Gasteiger partial charge in [-0.1, -0.05) is 422 Å². The number of anilines is 9. The molecule has 18 aromatic carbocycles. The van der Waals surface area contributed by atoms with Crippen molar-refractivity contribution in [2.75, 3.05) is 14.7 Å². The van der Waals surface area contributed by atoms with Gasteiger partial charge in [0.05, 0.1) is 50.4 Å². The Morgan fingerprint density at radius 2 is 0.426 bits per heavy atom. The van der Waals surface area contributed by atoms with Crippen molar-refractivity contribution in [1.29, 1.82) is 0 Å². The van der Waals surface area contributed by atoms with Crippen LogP contribution >= 0.6 is 0 Å². The molecule has 136 heavy (non-hydrogen) atoms. The van der Waals surface area contributed by atoms with E-state index in [2.05, 4.69) is 504 Å². The molecule has 25 rings (SSSR count). The molecule has 0 unspecified atom stereocenters. The van der Waals surface area contributed by atoms with E-state index in [4.69, 9.17) is 9.47 Å². The van der Waals surface area contributed by atoms with Crippen molar-refractivity contribution in [1.82, 2.24) is 0 Å². The van der Waals surface area contributed by atoms with Crippen molar-refractivity contribution in [3.8, 4) is 45.3 Å². The molecular weight excluding hydrogens is 1650 g/mol. The molecule has 2 spiro atoms. The summed E-state index contributed by atoms with van der Waals surface area (Å²) in [6.45, 7) is 28.1. The first kappa shape index (κ1) is 84.1. The minimum Gasteiger partial charge on any atom is -0.458 e. The second kappa shape index (κ2) is 32.7. The summed E-state index contributed by atoms with van der Waals surface area (Å²) < 4.78 is 14.6. The van der Waals surface area contributed by atoms with E-state index < -0.39 is 16.2 Å². The number of hydrogen-bond acceptors (Lipinski definition) is 5. The van der Waals surface area contributed by atoms with E-state index in [1.807, 2.05) is 0 Å². The molecule has 5 aliphatic heterocycles. The summed E-state index contributed by atoms with van der Waals surface area (Å²) in [7, 11) is 0. The number of hydrogen-bond donors (Lipinski definition) is 0. The Bertz CT molecular complexity index is 7250. The van der Waals surface area contributed by atoms with E-state index >= 15 is 0 Å². The first-order valence-electron chi connectivity index (χ1n) is 49.2. The van der Waals surface area contributed by atoms with E-state index in [0.717, 1.165) is 51.4 Å². The van der Waals surface area contributed by atoms with E-state index in [-0.39, 0.29) is 13.4 Å². The number of para-hydroxylation sites is 7. The molecule has 5 heterocycles. The predicted octanol–water partition coefficient (Wildman–Crippen LogP) is 29.8. The average Bonchev–Trinajstić information content (AvgIpc) is 1.47. The monoisotopic (exact) mass is 1750 g/mol. The third kappa shape index (κ3) is 12.5. The average molecular weight is 1750 g/mol. The molecule has 0 bridgehead atoms. The lowest BCUT2D eigenvalue weighted by molar-refractivity contribution is 0.487. The molecule has 0 fully saturated rings. The van der Waals surface area contributed by atoms with Gasteiger partial charge in [-0.2, -0.15) is 0 Å². The highest BCUT2D eigenvalue weighted by atomic mass is 16.5. The van der Waals surface area contributed by atoms with Crippen LogP contribution in [0.15, 0.2) is 406 Å². The van der Waals surface area contributed by atoms with Crippen molar-refractivity contribution in [2.24, 2.45) is 0 Å². The fourth-order valence-electron chi connectivity index (χ4n) is 25.0. The molecule has 0 radical (unpaired) electrons. The molecule has 0 amide bonds. The number of nitrogens with zero attached hydrogens (tertiary/aromatic N) is 3. The van der Waals surface area contributed by atoms with Crippen LogP contribution in [-0.2, 0) is 16.2 Å². The standard InChI is InChI=1S/C77H61BN2O.C52H48BNO/c1-47(2)50-43-57(48(3)4)75(58(44-50)49(5)6)78-67-41-39-51(79-69-35-19-15-31-63(69)76(64-32-16-20-36-70(64)79)59-27-11-7-23-53(59)54-24-8-12-28-60(54)76)45-73(67)81-74-46-52(40-42-68(74)78)80-71-37-21-17-33-65(71)77(66-34-18-22-38-72(66)80)61-29-13-9-25-55(61)56-26-10-14-30-62(56)77;1-34(2)37-31-41(35(3)4)51(42(32-37)36(5)6)53-45-25-15-18-28-49(45)55-50-33-40(29-30-46(50)53)54-47-26-16-13-23-43(47)52(38-19-9-7-10-20-38,39-21-11-8-12-22-39)44-24-14-17-27-48(44)54/h7-49H,1-6H3;7-36H,1-6H3. The topological polar surface area (TPSA) is 28.2 Å². The Labute approximate surface area is 802 Å². The number of fused-ring (bicyclic) bond motifs is 24. The molecule has 2 aliphatic carbocycles. The van der Waals surface area contributed by atoms with Crippen LogP contribution in [0.1, 0.15) is 219 Å². The first-order valence-corrected chi connectivity index (χ1v) is 49.2. The SMILES string of the molecule is CC(C)c1cc(C(C)C)c(B2c3ccc(N4c5ccccc5C5(c6ccccc6-c6ccccc65)c5ccccc54)cc3Oc3cc(N4c5ccccc5C5(c6ccccc6-c6ccccc65)c5ccccc54)ccc32)c(C(C)C)c1.CC(C)c1cc(C(C)C)c(B2c3ccccc3Oc3cc(N4c5ccccc5C(c5ccccc5)(c5ccccc5)c5ccccc54)ccc32)c(C(C)C)c1. The lowest BCUT2D eigenvalue weighted by Crippen LogP contribution is -2.57. The zero-order valence-corrected chi connectivity index (χ0v) is 79.5. The quantitative estimate of drug-likeness (QED) is 0.107. The maximum atomic E-state index is 7.63. The van der Waals surface area contributed by atoms with E-state index in [1.165, 1.54) is 178 Å². The van der Waals surface area contributed by atoms with Gasteiger partial charge in [0.25, 0.3) is 13.4 Å². The van der Waals surface area contributed by atoms with Gasteiger partial charge in [0, 0.05) is 35.3 Å². The summed E-state index contributed by atoms with van der Waals surface area (Å²) in [6, 6.07) is 152. The van der Waals surface area contributed by atoms with Crippen LogP contribution in [0.25, 0.3) is 22.3 Å². The molecule has 7 aliphatic rings. The minimum atomic E-state index is -0.510. The smallest absolute Gasteiger partial charge is 0.251 e. The van der Waals surface area contributed by atoms with Crippen LogP contribution < -0.4 is 57.0 Å². The van der Waals surface area contributed by atoms with Gasteiger partial charge < -0.3 is 24.2 Å². The Kier molecular flexibility index (Phi) is 20.2. The highest BCUT2D eigenvalue weighted by Crippen LogP contribution is 2.67. The van der Waals surface area contributed by atoms with E-state index in [1.54, 1.807) is 0 Å². The zero-order chi connectivity index (χ0) is 92.3. The molecule has 18 aromatic rings. The van der Waals surface area contributed by atoms with Gasteiger partial charge in [0.15, 0.2) is 0 Å². The van der Waals surface area contributed by atoms with Gasteiger partial charge >= 0.3 is 0 Å². The van der Waals surface area contributed by atoms with Crippen LogP contribution in [0, 0.1) is 0 Å². The second-order valence-electron chi connectivity index (χ2n) is 40.2. The van der Waals surface area contributed by atoms with Gasteiger partial charge in [-0.25, -0.2) is 0 Å². The van der Waals surface area contributed by atoms with Crippen molar-refractivity contribution in [2.45, 2.75) is 135 Å². The summed E-state index contributed by atoms with van der Waals surface area (Å²) in [5, 5.41) is 0. The maximum absolute atomic E-state index is 7.63. The Morgan fingerprint density at radius 3 is 0.706 bits per heavy atom. The normalized spacial score (nSPS) is 14.5. The lowest BCUT2D eigenvalue weighted by Gasteiger charge is -2.46. The van der Waals surface area contributed by atoms with Crippen LogP contribution in [0.5, 0.6) is 23.0 Å². The van der Waals surface area contributed by atoms with Crippen LogP contribution in [-0.4, -0.2) is 13.4 Å². The van der Waals surface area contributed by atoms with Gasteiger partial charge in [-0.3, -0.25) is 0 Å². The molecule has 0 atom stereocenters. The van der Waals surface area contributed by atoms with Crippen LogP contribution in [0.4, 0.5) is 51.2 Å². The first-order chi connectivity index (χ1) is 66.5. The fourth-order valence-corrected chi connectivity index (χ4v) is 25.0. The van der Waals surface area contributed by atoms with Crippen molar-refractivity contribution >= 4 is 97.4 Å². The lowest BCUT2D eigenvalue weighted by atomic mass is 9.34. The highest BCUT2D eigenvalue weighted by Gasteiger charge is 2.55. The van der Waals surface area contributed by atoms with Crippen LogP contribution in [0.2, 0.25) is 0 Å². The number of ether oxygens (including phenoxy) is 2. The Hall–Kier alpha value is -14.9. The third-order valence-electron chi connectivity index (χ3n) is 30.9. The van der Waals surface area contributed by atoms with Crippen molar-refractivity contribution in [3.63, 3.8) is 0 Å². The second-order valence-corrected chi connectivity index (χ2v) is 40.2. The zero-order valence-electron chi connectivity index (χ0n) is 79.5. The molecule has 5 nitrogen and oxygen atoms in total. The predicted molar refractivity (Wildman–Crippen MR) is 570 cm³/mol. The molecule has 658 valence electrons. The van der Waals surface area contributed by atoms with E-state index in [0.29, 0.717) is 35.5 Å². The van der Waals surface area contributed by atoms with Crippen LogP contribution in [0.3, 0.4) is 0 Å². The largest absolute Gasteiger partial charge is 0.458 e. The fraction of sp³-hybridized carbons (Fsp3) is 0.163. The molecule has 0 aromatic heterocycles. The minimum absolute atomic E-state index is 0.0507. The summed E-state index contributed by atoms with van der Waals surface area (Å²) in [5.41, 5.74) is 45.4. The summed E-state index contributed by atoms with van der Waals surface area (Å²) >= 11 is 0. The summed E-state index contributed by atoms with van der Waals surface area (Å²) in [6.07, 6.45) is 0. The van der Waals surface area contributed by atoms with E-state index in [9.17, 15) is 0 Å². The summed E-state index contributed by atoms with van der Waals surface area (Å²) in [5.74, 6) is 5.80. The maximum Gasteiger partial charge on any atom is 0.251 e. The van der Waals surface area contributed by atoms with Gasteiger partial charge in [-0.15, -0.1) is 0 Å². The van der Waals surface area contributed by atoms with Crippen molar-refractivity contribution < 1.29 is 9.47 Å². The van der Waals surface area contributed by atoms with Gasteiger partial charge in [0.2, 0.25) is 0 Å². The summed E-state index contributed by atoms with van der Waals surface area (Å²) in [4.78, 5) is 7.44. The number of benzene rings is 18. The molecule has 0 N–H and O–H groups in total. The molecule has 7 heteroatoms. The highest BCUT2D eigenvalue weighted by molar-refractivity contribution is 6.98. The Balaban J connectivity index is 0.000000160. The Morgan fingerprint density at radius 1 is 0.199 bits per heavy atom. The number of rotatable bonds is 13. The molecule has 0 saturated heterocycles. The van der Waals surface area contributed by atoms with Gasteiger partial charge in [-0.05, 0) is 240 Å². The third-order valence-corrected chi connectivity index (χ3v) is 30.9. The molecular formula is C129H109B2N3O2.